The number of benzene rings is 1. The number of carbonyl (C=O) groups is 2. The van der Waals surface area contributed by atoms with Gasteiger partial charge in [-0.25, -0.2) is 9.78 Å². The Morgan fingerprint density at radius 1 is 1.11 bits per heavy atom. The molecule has 0 aliphatic heterocycles. The second kappa shape index (κ2) is 10.6. The lowest BCUT2D eigenvalue weighted by Crippen LogP contribution is -2.53. The van der Waals surface area contributed by atoms with E-state index in [0.717, 1.165) is 0 Å². The highest BCUT2D eigenvalue weighted by Crippen LogP contribution is 2.12. The minimum Gasteiger partial charge on any atom is -0.476 e. The molecule has 1 heterocycles. The number of nitrogens with one attached hydrogen (secondary N) is 2. The number of carbonyl (C=O) groups excluding carboxylic acids is 2. The van der Waals surface area contributed by atoms with Gasteiger partial charge >= 0.3 is 6.09 Å². The molecule has 28 heavy (non-hydrogen) atoms. The summed E-state index contributed by atoms with van der Waals surface area (Å²) in [6.45, 7) is 5.93. The summed E-state index contributed by atoms with van der Waals surface area (Å²) in [4.78, 5) is 28.5. The molecule has 1 unspecified atom stereocenters. The fourth-order valence-electron chi connectivity index (χ4n) is 2.38. The van der Waals surface area contributed by atoms with E-state index in [4.69, 9.17) is 21.1 Å². The van der Waals surface area contributed by atoms with Crippen molar-refractivity contribution in [2.45, 2.75) is 32.9 Å². The Balaban J connectivity index is 1.85. The third-order valence-corrected chi connectivity index (χ3v) is 4.00. The summed E-state index contributed by atoms with van der Waals surface area (Å²) in [5.41, 5.74) is 0. The Hall–Kier alpha value is -2.64. The fourth-order valence-corrected chi connectivity index (χ4v) is 2.49. The monoisotopic (exact) mass is 405 g/mol. The zero-order valence-corrected chi connectivity index (χ0v) is 16.8. The molecule has 2 aromatic rings. The summed E-state index contributed by atoms with van der Waals surface area (Å²) in [5.74, 6) is 0.280. The van der Waals surface area contributed by atoms with Gasteiger partial charge in [0, 0.05) is 18.3 Å². The van der Waals surface area contributed by atoms with Gasteiger partial charge < -0.3 is 9.47 Å². The number of para-hydroxylation sites is 1. The Bertz CT molecular complexity index is 769. The maximum atomic E-state index is 12.5. The molecule has 0 aliphatic carbocycles. The zero-order chi connectivity index (χ0) is 20.5. The van der Waals surface area contributed by atoms with Crippen LogP contribution in [0.1, 0.15) is 20.8 Å². The van der Waals surface area contributed by atoms with Crippen LogP contribution in [0.15, 0.2) is 48.7 Å². The van der Waals surface area contributed by atoms with E-state index in [1.165, 1.54) is 6.20 Å². The summed E-state index contributed by atoms with van der Waals surface area (Å²) < 4.78 is 10.7. The molecule has 0 spiro atoms. The molecule has 0 aliphatic rings. The van der Waals surface area contributed by atoms with Gasteiger partial charge in [-0.2, -0.15) is 0 Å². The van der Waals surface area contributed by atoms with E-state index < -0.39 is 18.0 Å². The van der Waals surface area contributed by atoms with Gasteiger partial charge in [0.2, 0.25) is 11.8 Å². The van der Waals surface area contributed by atoms with Crippen LogP contribution < -0.4 is 20.1 Å². The first-order valence-electron chi connectivity index (χ1n) is 8.93. The molecule has 2 N–H and O–H groups in total. The summed E-state index contributed by atoms with van der Waals surface area (Å²) in [5, 5.41) is 5.96. The average Bonchev–Trinajstić information content (AvgIpc) is 2.66. The first kappa shape index (κ1) is 21.7. The van der Waals surface area contributed by atoms with Crippen molar-refractivity contribution in [3.63, 3.8) is 0 Å². The first-order valence-corrected chi connectivity index (χ1v) is 9.31. The predicted molar refractivity (Wildman–Crippen MR) is 107 cm³/mol. The van der Waals surface area contributed by atoms with Gasteiger partial charge in [0.1, 0.15) is 12.4 Å². The third-order valence-electron chi connectivity index (χ3n) is 3.77. The summed E-state index contributed by atoms with van der Waals surface area (Å²) in [7, 11) is 0. The normalized spacial score (nSPS) is 12.9. The molecule has 7 nitrogen and oxygen atoms in total. The molecule has 0 fully saturated rings. The Morgan fingerprint density at radius 2 is 1.82 bits per heavy atom. The van der Waals surface area contributed by atoms with E-state index in [2.05, 4.69) is 15.6 Å². The molecule has 0 radical (unpaired) electrons. The minimum absolute atomic E-state index is 0.0550. The van der Waals surface area contributed by atoms with Gasteiger partial charge in [0.25, 0.3) is 0 Å². The van der Waals surface area contributed by atoms with Crippen LogP contribution >= 0.6 is 11.6 Å². The summed E-state index contributed by atoms with van der Waals surface area (Å²) >= 11 is 5.79. The second-order valence-corrected chi connectivity index (χ2v) is 7.04. The molecule has 8 heteroatoms. The van der Waals surface area contributed by atoms with Gasteiger partial charge in [0.05, 0.1) is 11.1 Å². The van der Waals surface area contributed by atoms with Gasteiger partial charge in [-0.15, -0.1) is 0 Å². The van der Waals surface area contributed by atoms with E-state index in [1.807, 2.05) is 20.8 Å². The number of halogens is 1. The third kappa shape index (κ3) is 7.17. The maximum Gasteiger partial charge on any atom is 0.419 e. The first-order chi connectivity index (χ1) is 13.3. The largest absolute Gasteiger partial charge is 0.476 e. The van der Waals surface area contributed by atoms with Gasteiger partial charge in [-0.1, -0.05) is 43.6 Å². The zero-order valence-electron chi connectivity index (χ0n) is 16.0. The van der Waals surface area contributed by atoms with E-state index in [9.17, 15) is 9.59 Å². The smallest absolute Gasteiger partial charge is 0.419 e. The number of amides is 2. The van der Waals surface area contributed by atoms with Crippen molar-refractivity contribution in [3.8, 4) is 11.6 Å². The van der Waals surface area contributed by atoms with Crippen molar-refractivity contribution in [1.29, 1.82) is 0 Å². The van der Waals surface area contributed by atoms with Crippen molar-refractivity contribution >= 4 is 23.6 Å². The van der Waals surface area contributed by atoms with E-state index in [1.54, 1.807) is 42.5 Å². The van der Waals surface area contributed by atoms with Gasteiger partial charge in [-0.3, -0.25) is 15.4 Å². The molecule has 2 atom stereocenters. The van der Waals surface area contributed by atoms with Gasteiger partial charge in [0.15, 0.2) is 0 Å². The topological polar surface area (TPSA) is 89.5 Å². The molecule has 2 amide bonds. The van der Waals surface area contributed by atoms with E-state index >= 15 is 0 Å². The number of rotatable bonds is 8. The van der Waals surface area contributed by atoms with Crippen molar-refractivity contribution < 1.29 is 19.1 Å². The molecule has 1 aromatic heterocycles. The number of ether oxygens (including phenoxy) is 2. The number of pyridine rings is 1. The van der Waals surface area contributed by atoms with Crippen LogP contribution in [0.5, 0.6) is 11.6 Å². The highest BCUT2D eigenvalue weighted by molar-refractivity contribution is 6.30. The van der Waals surface area contributed by atoms with Crippen LogP contribution in [0.3, 0.4) is 0 Å². The number of hydrogen-bond donors (Lipinski definition) is 2. The van der Waals surface area contributed by atoms with E-state index in [-0.39, 0.29) is 12.0 Å². The van der Waals surface area contributed by atoms with Crippen LogP contribution in [0, 0.1) is 5.92 Å². The molecule has 0 saturated carbocycles. The van der Waals surface area contributed by atoms with Crippen LogP contribution in [0.4, 0.5) is 4.79 Å². The highest BCUT2D eigenvalue weighted by atomic mass is 35.5. The Kier molecular flexibility index (Phi) is 8.22. The quantitative estimate of drug-likeness (QED) is 0.699. The number of imide groups is 1. The fraction of sp³-hybridized carbons (Fsp3) is 0.350. The van der Waals surface area contributed by atoms with E-state index in [0.29, 0.717) is 23.3 Å². The molecule has 2 rings (SSSR count). The van der Waals surface area contributed by atoms with Crippen LogP contribution in [-0.4, -0.2) is 35.7 Å². The molecule has 1 aromatic carbocycles. The van der Waals surface area contributed by atoms with Gasteiger partial charge in [-0.05, 0) is 31.0 Å². The number of nitrogens with zero attached hydrogens (tertiary/aromatic N) is 1. The molecule has 0 saturated heterocycles. The lowest BCUT2D eigenvalue weighted by Gasteiger charge is -2.25. The van der Waals surface area contributed by atoms with Crippen LogP contribution in [-0.2, 0) is 4.79 Å². The molecule has 150 valence electrons. The number of hydrogen-bond acceptors (Lipinski definition) is 6. The van der Waals surface area contributed by atoms with Crippen LogP contribution in [0.2, 0.25) is 5.02 Å². The predicted octanol–water partition coefficient (Wildman–Crippen LogP) is 3.43. The van der Waals surface area contributed by atoms with Crippen molar-refractivity contribution in [2.24, 2.45) is 5.92 Å². The van der Waals surface area contributed by atoms with Crippen LogP contribution in [0.25, 0.3) is 0 Å². The average molecular weight is 406 g/mol. The molecular weight excluding hydrogens is 382 g/mol. The lowest BCUT2D eigenvalue weighted by molar-refractivity contribution is -0.123. The SMILES string of the molecule is CC(COc1ccc(Cl)cn1)N[C@H](C(=O)NC(=O)Oc1ccccc1)C(C)C. The minimum atomic E-state index is -0.821. The maximum absolute atomic E-state index is 12.5. The highest BCUT2D eigenvalue weighted by Gasteiger charge is 2.26. The number of aromatic nitrogens is 1. The molecular formula is C20H24ClN3O4. The summed E-state index contributed by atoms with van der Waals surface area (Å²) in [6.07, 6.45) is 0.676. The molecule has 0 bridgehead atoms. The lowest BCUT2D eigenvalue weighted by atomic mass is 10.0. The standard InChI is InChI=1S/C20H24ClN3O4/c1-13(2)18(19(25)24-20(26)28-16-7-5-4-6-8-16)23-14(3)12-27-17-10-9-15(21)11-22-17/h4-11,13-14,18,23H,12H2,1-3H3,(H,24,25,26)/t14?,18-/m0/s1. The van der Waals surface area contributed by atoms with Crippen molar-refractivity contribution in [2.75, 3.05) is 6.61 Å². The summed E-state index contributed by atoms with van der Waals surface area (Å²) in [6, 6.07) is 11.1. The second-order valence-electron chi connectivity index (χ2n) is 6.61. The van der Waals surface area contributed by atoms with Crippen molar-refractivity contribution in [1.82, 2.24) is 15.6 Å². The Morgan fingerprint density at radius 3 is 2.43 bits per heavy atom. The van der Waals surface area contributed by atoms with Crippen molar-refractivity contribution in [3.05, 3.63) is 53.7 Å². The Labute approximate surface area is 169 Å².